The van der Waals surface area contributed by atoms with Crippen molar-refractivity contribution in [3.63, 3.8) is 0 Å². The fraction of sp³-hybridized carbons (Fsp3) is 0.583. The molecular formula is C48H77O11P. The maximum absolute atomic E-state index is 12.6. The molecule has 11 nitrogen and oxygen atoms in total. The third kappa shape index (κ3) is 41.3. The summed E-state index contributed by atoms with van der Waals surface area (Å²) in [4.78, 5) is 35.0. The molecule has 0 bridgehead atoms. The Bertz CT molecular complexity index is 1380. The zero-order valence-electron chi connectivity index (χ0n) is 36.5. The molecule has 0 radical (unpaired) electrons. The van der Waals surface area contributed by atoms with E-state index in [0.29, 0.717) is 25.7 Å². The van der Waals surface area contributed by atoms with Crippen molar-refractivity contribution in [3.8, 4) is 0 Å². The highest BCUT2D eigenvalue weighted by Crippen LogP contribution is 2.43. The van der Waals surface area contributed by atoms with Crippen molar-refractivity contribution in [2.75, 3.05) is 26.4 Å². The smallest absolute Gasteiger partial charge is 0.462 e. The summed E-state index contributed by atoms with van der Waals surface area (Å²) in [6.07, 6.45) is 49.8. The maximum atomic E-state index is 12.6. The van der Waals surface area contributed by atoms with E-state index in [-0.39, 0.29) is 25.6 Å². The molecule has 340 valence electrons. The lowest BCUT2D eigenvalue weighted by Crippen LogP contribution is -2.29. The average Bonchev–Trinajstić information content (AvgIpc) is 3.23. The fourth-order valence-electron chi connectivity index (χ4n) is 5.14. The van der Waals surface area contributed by atoms with E-state index in [1.54, 1.807) is 0 Å². The number of carbonyl (C=O) groups excluding carboxylic acids is 2. The van der Waals surface area contributed by atoms with Crippen LogP contribution in [0.2, 0.25) is 0 Å². The number of rotatable bonds is 39. The quantitative estimate of drug-likeness (QED) is 0.0201. The van der Waals surface area contributed by atoms with Crippen LogP contribution in [0.3, 0.4) is 0 Å². The molecule has 60 heavy (non-hydrogen) atoms. The highest BCUT2D eigenvalue weighted by atomic mass is 31.2. The van der Waals surface area contributed by atoms with E-state index in [9.17, 15) is 29.3 Å². The number of phosphoric ester groups is 1. The highest BCUT2D eigenvalue weighted by Gasteiger charge is 2.27. The molecule has 0 rings (SSSR count). The van der Waals surface area contributed by atoms with E-state index in [1.807, 2.05) is 18.2 Å². The molecule has 0 aromatic rings. The number of allylic oxidation sites excluding steroid dienone is 17. The van der Waals surface area contributed by atoms with Crippen LogP contribution in [0, 0.1) is 0 Å². The Kier molecular flexibility index (Phi) is 39.9. The molecule has 0 aliphatic heterocycles. The van der Waals surface area contributed by atoms with Crippen molar-refractivity contribution in [2.45, 2.75) is 154 Å². The summed E-state index contributed by atoms with van der Waals surface area (Å²) in [7, 11) is -4.66. The van der Waals surface area contributed by atoms with Crippen molar-refractivity contribution in [1.82, 2.24) is 0 Å². The number of esters is 2. The first-order valence-electron chi connectivity index (χ1n) is 21.9. The van der Waals surface area contributed by atoms with E-state index in [2.05, 4.69) is 110 Å². The molecule has 0 saturated carbocycles. The molecule has 0 amide bonds. The zero-order chi connectivity index (χ0) is 44.2. The first-order valence-corrected chi connectivity index (χ1v) is 23.4. The molecule has 0 aliphatic carbocycles. The molecule has 0 aromatic heterocycles. The van der Waals surface area contributed by atoms with Crippen LogP contribution >= 0.6 is 7.82 Å². The lowest BCUT2D eigenvalue weighted by molar-refractivity contribution is -0.161. The van der Waals surface area contributed by atoms with Crippen LogP contribution in [0.15, 0.2) is 109 Å². The predicted octanol–water partition coefficient (Wildman–Crippen LogP) is 10.7. The summed E-state index contributed by atoms with van der Waals surface area (Å²) in [6, 6.07) is 0. The van der Waals surface area contributed by atoms with Gasteiger partial charge < -0.3 is 29.7 Å². The van der Waals surface area contributed by atoms with Gasteiger partial charge in [0, 0.05) is 12.8 Å². The standard InChI is InChI=1S/C48H77O11P/c1-3-5-6-7-8-9-10-11-12-13-14-15-16-19-23-26-29-32-35-39-48(53)59-46(43-58-60(54,55)57-41-45(51)40-49)42-56-47(52)38-34-31-28-25-22-20-17-18-21-24-27-30-33-37-44(50)36-4-2/h5-6,8-9,11-12,14-15,17,19-21,23-25,28,30,33,44-46,49-51H,3-4,7,10,13,16,18,22,26-27,29,31-32,34-43H2,1-2H3,(H,54,55)/b6-5-,9-8-,12-11-,15-14-,20-17-,23-19-,24-21-,28-25-,33-30-/t44?,45-,46+/m0/s1. The van der Waals surface area contributed by atoms with Gasteiger partial charge in [0.25, 0.3) is 0 Å². The van der Waals surface area contributed by atoms with Gasteiger partial charge in [-0.15, -0.1) is 0 Å². The van der Waals surface area contributed by atoms with Crippen molar-refractivity contribution in [1.29, 1.82) is 0 Å². The summed E-state index contributed by atoms with van der Waals surface area (Å²) in [5.41, 5.74) is 0. The van der Waals surface area contributed by atoms with Crippen LogP contribution < -0.4 is 0 Å². The number of unbranched alkanes of at least 4 members (excludes halogenated alkanes) is 4. The number of hydrogen-bond acceptors (Lipinski definition) is 10. The zero-order valence-corrected chi connectivity index (χ0v) is 37.4. The second kappa shape index (κ2) is 42.3. The topological polar surface area (TPSA) is 169 Å². The van der Waals surface area contributed by atoms with Crippen LogP contribution in [0.1, 0.15) is 136 Å². The molecular weight excluding hydrogens is 783 g/mol. The molecule has 12 heteroatoms. The first-order chi connectivity index (χ1) is 29.1. The molecule has 4 atom stereocenters. The van der Waals surface area contributed by atoms with Crippen LogP contribution in [0.25, 0.3) is 0 Å². The number of carbonyl (C=O) groups is 2. The van der Waals surface area contributed by atoms with Gasteiger partial charge in [0.1, 0.15) is 12.7 Å². The number of ether oxygens (including phenoxy) is 2. The van der Waals surface area contributed by atoms with Gasteiger partial charge in [0.2, 0.25) is 0 Å². The molecule has 0 spiro atoms. The van der Waals surface area contributed by atoms with Gasteiger partial charge >= 0.3 is 19.8 Å². The van der Waals surface area contributed by atoms with Crippen LogP contribution in [0.5, 0.6) is 0 Å². The van der Waals surface area contributed by atoms with E-state index < -0.39 is 51.8 Å². The van der Waals surface area contributed by atoms with Crippen LogP contribution in [-0.2, 0) is 32.7 Å². The summed E-state index contributed by atoms with van der Waals surface area (Å²) in [6.45, 7) is 1.92. The minimum atomic E-state index is -4.66. The first kappa shape index (κ1) is 56.6. The molecule has 2 unspecified atom stereocenters. The lowest BCUT2D eigenvalue weighted by atomic mass is 10.1. The van der Waals surface area contributed by atoms with Crippen molar-refractivity contribution >= 4 is 19.8 Å². The monoisotopic (exact) mass is 861 g/mol. The molecule has 0 aromatic carbocycles. The van der Waals surface area contributed by atoms with E-state index >= 15 is 0 Å². The highest BCUT2D eigenvalue weighted by molar-refractivity contribution is 7.47. The van der Waals surface area contributed by atoms with Crippen LogP contribution in [0.4, 0.5) is 0 Å². The average molecular weight is 861 g/mol. The van der Waals surface area contributed by atoms with Gasteiger partial charge in [-0.2, -0.15) is 0 Å². The van der Waals surface area contributed by atoms with Gasteiger partial charge in [0.15, 0.2) is 6.10 Å². The number of hydrogen-bond donors (Lipinski definition) is 4. The third-order valence-corrected chi connectivity index (χ3v) is 9.42. The van der Waals surface area contributed by atoms with Gasteiger partial charge in [-0.25, -0.2) is 4.57 Å². The Morgan fingerprint density at radius 2 is 1.02 bits per heavy atom. The third-order valence-electron chi connectivity index (χ3n) is 8.47. The molecule has 0 saturated heterocycles. The Labute approximate surface area is 361 Å². The molecule has 0 aliphatic rings. The Hall–Kier alpha value is -3.41. The molecule has 0 heterocycles. The van der Waals surface area contributed by atoms with E-state index in [1.165, 1.54) is 0 Å². The lowest BCUT2D eigenvalue weighted by Gasteiger charge is -2.20. The summed E-state index contributed by atoms with van der Waals surface area (Å²) in [5, 5.41) is 28.1. The summed E-state index contributed by atoms with van der Waals surface area (Å²) >= 11 is 0. The Balaban J connectivity index is 4.49. The summed E-state index contributed by atoms with van der Waals surface area (Å²) in [5.74, 6) is -1.06. The van der Waals surface area contributed by atoms with Crippen LogP contribution in [-0.4, -0.2) is 76.9 Å². The van der Waals surface area contributed by atoms with Crippen molar-refractivity contribution in [3.05, 3.63) is 109 Å². The number of aliphatic hydroxyl groups is 3. The van der Waals surface area contributed by atoms with Gasteiger partial charge in [0.05, 0.1) is 25.9 Å². The van der Waals surface area contributed by atoms with Crippen molar-refractivity contribution in [2.24, 2.45) is 0 Å². The fourth-order valence-corrected chi connectivity index (χ4v) is 5.93. The van der Waals surface area contributed by atoms with Gasteiger partial charge in [-0.3, -0.25) is 18.6 Å². The van der Waals surface area contributed by atoms with E-state index in [4.69, 9.17) is 19.1 Å². The Morgan fingerprint density at radius 3 is 1.53 bits per heavy atom. The molecule has 4 N–H and O–H groups in total. The van der Waals surface area contributed by atoms with Crippen molar-refractivity contribution < 1.29 is 52.9 Å². The Morgan fingerprint density at radius 1 is 0.550 bits per heavy atom. The summed E-state index contributed by atoms with van der Waals surface area (Å²) < 4.78 is 32.6. The second-order valence-electron chi connectivity index (χ2n) is 14.2. The van der Waals surface area contributed by atoms with E-state index in [0.717, 1.165) is 83.5 Å². The van der Waals surface area contributed by atoms with Gasteiger partial charge in [-0.05, 0) is 96.3 Å². The number of phosphoric acid groups is 1. The normalized spacial score (nSPS) is 15.4. The SMILES string of the molecule is CC/C=C\C/C=C\C/C=C\C/C=C\C/C=C\CCCCCC(=O)O[C@H](COC(=O)CCC/C=C\C/C=C\C/C=C\C/C=C\CC(O)CCC)COP(=O)(O)OC[C@@H](O)CO. The minimum Gasteiger partial charge on any atom is -0.462 e. The second-order valence-corrected chi connectivity index (χ2v) is 15.6. The van der Waals surface area contributed by atoms with Gasteiger partial charge in [-0.1, -0.05) is 136 Å². The minimum absolute atomic E-state index is 0.119. The largest absolute Gasteiger partial charge is 0.472 e. The maximum Gasteiger partial charge on any atom is 0.472 e. The molecule has 0 fully saturated rings. The number of aliphatic hydroxyl groups excluding tert-OH is 3. The predicted molar refractivity (Wildman–Crippen MR) is 243 cm³/mol.